The van der Waals surface area contributed by atoms with Crippen molar-refractivity contribution in [3.05, 3.63) is 46.4 Å². The first kappa shape index (κ1) is 10.8. The van der Waals surface area contributed by atoms with E-state index in [2.05, 4.69) is 21.0 Å². The lowest BCUT2D eigenvalue weighted by Crippen LogP contribution is -2.01. The lowest BCUT2D eigenvalue weighted by molar-refractivity contribution is 0.0690. The van der Waals surface area contributed by atoms with Gasteiger partial charge in [0.1, 0.15) is 10.4 Å². The van der Waals surface area contributed by atoms with Gasteiger partial charge in [0.05, 0.1) is 5.69 Å². The minimum absolute atomic E-state index is 0.0730. The van der Waals surface area contributed by atoms with Crippen molar-refractivity contribution >= 4 is 21.9 Å². The van der Waals surface area contributed by atoms with E-state index in [1.807, 2.05) is 0 Å². The van der Waals surface area contributed by atoms with E-state index in [0.717, 1.165) is 0 Å². The van der Waals surface area contributed by atoms with Crippen molar-refractivity contribution in [1.29, 1.82) is 0 Å². The molecule has 6 heteroatoms. The highest BCUT2D eigenvalue weighted by atomic mass is 79.9. The summed E-state index contributed by atoms with van der Waals surface area (Å²) in [6, 6.07) is 6.97. The average Bonchev–Trinajstić information content (AvgIpc) is 2.62. The van der Waals surface area contributed by atoms with Gasteiger partial charge in [-0.2, -0.15) is 5.10 Å². The second-order valence-electron chi connectivity index (χ2n) is 3.05. The van der Waals surface area contributed by atoms with Crippen molar-refractivity contribution in [2.75, 3.05) is 0 Å². The molecule has 0 amide bonds. The Kier molecular flexibility index (Phi) is 2.74. The first-order chi connectivity index (χ1) is 7.58. The topological polar surface area (TPSA) is 55.1 Å². The van der Waals surface area contributed by atoms with E-state index in [1.165, 1.54) is 35.0 Å². The van der Waals surface area contributed by atoms with Gasteiger partial charge in [0, 0.05) is 6.07 Å². The molecular weight excluding hydrogens is 279 g/mol. The summed E-state index contributed by atoms with van der Waals surface area (Å²) in [6.45, 7) is 0. The molecule has 1 aromatic heterocycles. The fourth-order valence-electron chi connectivity index (χ4n) is 1.23. The van der Waals surface area contributed by atoms with Crippen LogP contribution in [0.1, 0.15) is 10.5 Å². The fourth-order valence-corrected chi connectivity index (χ4v) is 1.73. The number of hydrogen-bond donors (Lipinski definition) is 1. The molecule has 0 aliphatic carbocycles. The van der Waals surface area contributed by atoms with Crippen LogP contribution in [0.4, 0.5) is 4.39 Å². The lowest BCUT2D eigenvalue weighted by Gasteiger charge is -2.01. The van der Waals surface area contributed by atoms with Crippen LogP contribution >= 0.6 is 15.9 Å². The Labute approximate surface area is 98.4 Å². The number of nitrogens with zero attached hydrogens (tertiary/aromatic N) is 2. The van der Waals surface area contributed by atoms with Crippen LogP contribution in [0.2, 0.25) is 0 Å². The second-order valence-corrected chi connectivity index (χ2v) is 3.86. The van der Waals surface area contributed by atoms with E-state index >= 15 is 0 Å². The number of hydrogen-bond acceptors (Lipinski definition) is 2. The molecule has 1 aromatic carbocycles. The van der Waals surface area contributed by atoms with Crippen LogP contribution in [0.25, 0.3) is 5.69 Å². The van der Waals surface area contributed by atoms with E-state index in [1.54, 1.807) is 0 Å². The quantitative estimate of drug-likeness (QED) is 0.922. The maximum absolute atomic E-state index is 12.7. The van der Waals surface area contributed by atoms with Crippen molar-refractivity contribution in [2.45, 2.75) is 0 Å². The molecule has 0 bridgehead atoms. The van der Waals surface area contributed by atoms with Crippen molar-refractivity contribution in [3.63, 3.8) is 0 Å². The van der Waals surface area contributed by atoms with Gasteiger partial charge in [-0.15, -0.1) is 0 Å². The molecule has 0 aliphatic heterocycles. The van der Waals surface area contributed by atoms with Gasteiger partial charge in [-0.1, -0.05) is 0 Å². The van der Waals surface area contributed by atoms with E-state index in [9.17, 15) is 9.18 Å². The van der Waals surface area contributed by atoms with E-state index < -0.39 is 5.97 Å². The minimum Gasteiger partial charge on any atom is -0.476 e. The Bertz CT molecular complexity index is 536. The summed E-state index contributed by atoms with van der Waals surface area (Å²) in [5.41, 5.74) is 0.511. The molecule has 0 unspecified atom stereocenters. The largest absolute Gasteiger partial charge is 0.476 e. The zero-order valence-electron chi connectivity index (χ0n) is 7.89. The zero-order chi connectivity index (χ0) is 11.7. The molecule has 0 saturated carbocycles. The standard InChI is InChI=1S/C10H6BrFN2O2/c11-9-5-8(10(15)16)13-14(9)7-3-1-6(12)2-4-7/h1-5H,(H,15,16). The molecule has 1 heterocycles. The second kappa shape index (κ2) is 4.05. The molecule has 0 atom stereocenters. The molecule has 2 aromatic rings. The van der Waals surface area contributed by atoms with E-state index in [4.69, 9.17) is 5.11 Å². The number of rotatable bonds is 2. The molecule has 0 fully saturated rings. The number of benzene rings is 1. The smallest absolute Gasteiger partial charge is 0.356 e. The van der Waals surface area contributed by atoms with Crippen molar-refractivity contribution in [2.24, 2.45) is 0 Å². The molecule has 0 saturated heterocycles. The Morgan fingerprint density at radius 2 is 2.00 bits per heavy atom. The van der Waals surface area contributed by atoms with Gasteiger partial charge in [0.2, 0.25) is 0 Å². The number of carbonyl (C=O) groups is 1. The van der Waals surface area contributed by atoms with Crippen molar-refractivity contribution in [3.8, 4) is 5.69 Å². The third-order valence-electron chi connectivity index (χ3n) is 1.96. The first-order valence-electron chi connectivity index (χ1n) is 4.33. The summed E-state index contributed by atoms with van der Waals surface area (Å²) in [5, 5.41) is 12.6. The van der Waals surface area contributed by atoms with Gasteiger partial charge in [-0.25, -0.2) is 13.9 Å². The summed E-state index contributed by atoms with van der Waals surface area (Å²) < 4.78 is 14.6. The molecular formula is C10H6BrFN2O2. The van der Waals surface area contributed by atoms with Gasteiger partial charge in [0.25, 0.3) is 0 Å². The molecule has 1 N–H and O–H groups in total. The highest BCUT2D eigenvalue weighted by Crippen LogP contribution is 2.18. The maximum Gasteiger partial charge on any atom is 0.356 e. The average molecular weight is 285 g/mol. The van der Waals surface area contributed by atoms with Crippen LogP contribution in [-0.4, -0.2) is 20.9 Å². The van der Waals surface area contributed by atoms with E-state index in [-0.39, 0.29) is 11.5 Å². The predicted octanol–water partition coefficient (Wildman–Crippen LogP) is 2.47. The number of carboxylic acids is 1. The van der Waals surface area contributed by atoms with Crippen molar-refractivity contribution in [1.82, 2.24) is 9.78 Å². The number of aromatic nitrogens is 2. The number of aromatic carboxylic acids is 1. The highest BCUT2D eigenvalue weighted by molar-refractivity contribution is 9.10. The van der Waals surface area contributed by atoms with Gasteiger partial charge < -0.3 is 5.11 Å². The minimum atomic E-state index is -1.11. The Balaban J connectivity index is 2.47. The Morgan fingerprint density at radius 1 is 1.38 bits per heavy atom. The zero-order valence-corrected chi connectivity index (χ0v) is 9.48. The van der Waals surface area contributed by atoms with E-state index in [0.29, 0.717) is 10.3 Å². The molecule has 0 aliphatic rings. The summed E-state index contributed by atoms with van der Waals surface area (Å²) in [6.07, 6.45) is 0. The fraction of sp³-hybridized carbons (Fsp3) is 0. The van der Waals surface area contributed by atoms with Gasteiger partial charge >= 0.3 is 5.97 Å². The number of halogens is 2. The molecule has 82 valence electrons. The molecule has 16 heavy (non-hydrogen) atoms. The first-order valence-corrected chi connectivity index (χ1v) is 5.12. The Morgan fingerprint density at radius 3 is 2.50 bits per heavy atom. The monoisotopic (exact) mass is 284 g/mol. The lowest BCUT2D eigenvalue weighted by atomic mass is 10.3. The highest BCUT2D eigenvalue weighted by Gasteiger charge is 2.12. The molecule has 0 spiro atoms. The summed E-state index contributed by atoms with van der Waals surface area (Å²) in [7, 11) is 0. The van der Waals surface area contributed by atoms with Gasteiger partial charge in [-0.3, -0.25) is 0 Å². The van der Waals surface area contributed by atoms with Crippen LogP contribution in [0.5, 0.6) is 0 Å². The third kappa shape index (κ3) is 1.96. The Hall–Kier alpha value is -1.69. The number of carboxylic acid groups (broad SMARTS) is 1. The molecule has 4 nitrogen and oxygen atoms in total. The van der Waals surface area contributed by atoms with Crippen LogP contribution in [0, 0.1) is 5.82 Å². The summed E-state index contributed by atoms with van der Waals surface area (Å²) >= 11 is 3.18. The molecule has 0 radical (unpaired) electrons. The van der Waals surface area contributed by atoms with Crippen LogP contribution < -0.4 is 0 Å². The van der Waals surface area contributed by atoms with Crippen LogP contribution in [0.15, 0.2) is 34.9 Å². The van der Waals surface area contributed by atoms with Crippen LogP contribution in [-0.2, 0) is 0 Å². The SMILES string of the molecule is O=C(O)c1cc(Br)n(-c2ccc(F)cc2)n1. The molecule has 2 rings (SSSR count). The van der Waals surface area contributed by atoms with Gasteiger partial charge in [-0.05, 0) is 40.2 Å². The normalized spacial score (nSPS) is 10.4. The van der Waals surface area contributed by atoms with Crippen molar-refractivity contribution < 1.29 is 14.3 Å². The van der Waals surface area contributed by atoms with Crippen LogP contribution in [0.3, 0.4) is 0 Å². The summed E-state index contributed by atoms with van der Waals surface area (Å²) in [5.74, 6) is -1.47. The van der Waals surface area contributed by atoms with Gasteiger partial charge in [0.15, 0.2) is 5.69 Å². The summed E-state index contributed by atoms with van der Waals surface area (Å²) in [4.78, 5) is 10.7. The predicted molar refractivity (Wildman–Crippen MR) is 58.2 cm³/mol. The maximum atomic E-state index is 12.7. The third-order valence-corrected chi connectivity index (χ3v) is 2.52.